The lowest BCUT2D eigenvalue weighted by Gasteiger charge is -2.33. The fraction of sp³-hybridized carbons (Fsp3) is 0.258. The molecule has 3 aromatic heterocycles. The van der Waals surface area contributed by atoms with Crippen LogP contribution in [0.15, 0.2) is 71.1 Å². The van der Waals surface area contributed by atoms with Gasteiger partial charge in [0, 0.05) is 47.8 Å². The van der Waals surface area contributed by atoms with Crippen molar-refractivity contribution in [2.75, 3.05) is 30.4 Å². The van der Waals surface area contributed by atoms with Crippen molar-refractivity contribution >= 4 is 45.6 Å². The highest BCUT2D eigenvalue weighted by Crippen LogP contribution is 2.34. The summed E-state index contributed by atoms with van der Waals surface area (Å²) < 4.78 is 1.54. The third-order valence-corrected chi connectivity index (χ3v) is 8.92. The van der Waals surface area contributed by atoms with Gasteiger partial charge in [0.2, 0.25) is 11.9 Å². The lowest BCUT2D eigenvalue weighted by molar-refractivity contribution is -0.121. The molecule has 0 radical (unpaired) electrons. The fourth-order valence-electron chi connectivity index (χ4n) is 5.96. The number of carbonyl (C=O) groups is 1. The van der Waals surface area contributed by atoms with Crippen LogP contribution in [-0.4, -0.2) is 45.6 Å². The number of hydrogen-bond acceptors (Lipinski definition) is 8. The van der Waals surface area contributed by atoms with Gasteiger partial charge in [-0.3, -0.25) is 14.2 Å². The number of aromatic nitrogens is 4. The Morgan fingerprint density at radius 3 is 2.66 bits per heavy atom. The van der Waals surface area contributed by atoms with Crippen molar-refractivity contribution < 1.29 is 4.79 Å². The van der Waals surface area contributed by atoms with Crippen molar-refractivity contribution in [3.8, 4) is 11.3 Å². The summed E-state index contributed by atoms with van der Waals surface area (Å²) in [6.45, 7) is 3.99. The molecule has 9 nitrogen and oxygen atoms in total. The molecule has 2 N–H and O–H groups in total. The van der Waals surface area contributed by atoms with E-state index in [9.17, 15) is 9.59 Å². The van der Waals surface area contributed by atoms with Crippen LogP contribution in [0.2, 0.25) is 0 Å². The number of thiazole rings is 1. The third-order valence-electron chi connectivity index (χ3n) is 8.17. The molecule has 10 heteroatoms. The minimum Gasteiger partial charge on any atom is -0.324 e. The number of pyridine rings is 1. The van der Waals surface area contributed by atoms with E-state index in [1.165, 1.54) is 16.9 Å². The molecule has 1 saturated heterocycles. The zero-order valence-corrected chi connectivity index (χ0v) is 23.6. The average Bonchev–Trinajstić information content (AvgIpc) is 3.68. The lowest BCUT2D eigenvalue weighted by Crippen LogP contribution is -2.43. The van der Waals surface area contributed by atoms with E-state index in [0.717, 1.165) is 41.3 Å². The van der Waals surface area contributed by atoms with Crippen LogP contribution in [0, 0.1) is 6.92 Å². The van der Waals surface area contributed by atoms with Crippen LogP contribution in [0.25, 0.3) is 22.3 Å². The van der Waals surface area contributed by atoms with Crippen molar-refractivity contribution in [1.82, 2.24) is 24.8 Å². The van der Waals surface area contributed by atoms with Crippen LogP contribution in [0.4, 0.5) is 17.3 Å². The second-order valence-electron chi connectivity index (χ2n) is 10.6. The molecule has 2 aliphatic rings. The number of rotatable bonds is 5. The maximum atomic E-state index is 14.2. The number of anilines is 3. The molecule has 5 heterocycles. The molecule has 1 amide bonds. The minimum atomic E-state index is -0.758. The second kappa shape index (κ2) is 10.2. The van der Waals surface area contributed by atoms with Crippen molar-refractivity contribution in [2.45, 2.75) is 31.7 Å². The van der Waals surface area contributed by atoms with Gasteiger partial charge < -0.3 is 15.5 Å². The van der Waals surface area contributed by atoms with E-state index < -0.39 is 6.04 Å². The highest BCUT2D eigenvalue weighted by atomic mass is 32.1. The van der Waals surface area contributed by atoms with E-state index in [1.54, 1.807) is 34.3 Å². The molecule has 2 aliphatic heterocycles. The smallest absolute Gasteiger partial charge is 0.262 e. The number of fused-ring (bicyclic) bond motifs is 2. The number of para-hydroxylation sites is 1. The predicted molar refractivity (Wildman–Crippen MR) is 162 cm³/mol. The number of amides is 1. The van der Waals surface area contributed by atoms with Gasteiger partial charge in [0.15, 0.2) is 0 Å². The first kappa shape index (κ1) is 25.6. The van der Waals surface area contributed by atoms with E-state index in [-0.39, 0.29) is 11.5 Å². The molecule has 2 atom stereocenters. The quantitative estimate of drug-likeness (QED) is 0.316. The molecule has 41 heavy (non-hydrogen) atoms. The standard InChI is InChI=1S/C31H29N7O2S/c1-18-27(34-17-41-18)24-13-22-16-33-31(35-23-9-7-19(8-10-23)21-11-12-32-15-21)36-28(22)38(29(24)39)26-14-20-5-3-4-6-25(20)37(2)30(26)40/h3-10,13,16-17,21,26,32H,11-12,14-15H2,1-2H3,(H,33,35,36). The summed E-state index contributed by atoms with van der Waals surface area (Å²) in [5.41, 5.74) is 6.90. The van der Waals surface area contributed by atoms with Gasteiger partial charge in [-0.2, -0.15) is 4.98 Å². The molecule has 0 spiro atoms. The van der Waals surface area contributed by atoms with Gasteiger partial charge in [0.1, 0.15) is 11.7 Å². The summed E-state index contributed by atoms with van der Waals surface area (Å²) in [5.74, 6) is 0.724. The van der Waals surface area contributed by atoms with E-state index in [4.69, 9.17) is 4.98 Å². The Kier molecular flexibility index (Phi) is 6.36. The molecular formula is C31H29N7O2S. The first-order valence-electron chi connectivity index (χ1n) is 13.7. The molecule has 1 fully saturated rings. The van der Waals surface area contributed by atoms with Crippen LogP contribution in [-0.2, 0) is 11.2 Å². The molecule has 7 rings (SSSR count). The number of carbonyl (C=O) groups excluding carboxylic acids is 1. The van der Waals surface area contributed by atoms with Crippen molar-refractivity contribution in [2.24, 2.45) is 0 Å². The van der Waals surface area contributed by atoms with Gasteiger partial charge in [0.05, 0.1) is 16.8 Å². The molecule has 2 aromatic carbocycles. The van der Waals surface area contributed by atoms with Crippen LogP contribution in [0.1, 0.15) is 34.4 Å². The Bertz CT molecular complexity index is 1840. The van der Waals surface area contributed by atoms with E-state index in [1.807, 2.05) is 43.3 Å². The number of aryl methyl sites for hydroxylation is 1. The Morgan fingerprint density at radius 1 is 1.07 bits per heavy atom. The molecule has 206 valence electrons. The summed E-state index contributed by atoms with van der Waals surface area (Å²) in [5, 5.41) is 7.37. The molecule has 0 saturated carbocycles. The van der Waals surface area contributed by atoms with Crippen LogP contribution in [0.5, 0.6) is 0 Å². The summed E-state index contributed by atoms with van der Waals surface area (Å²) in [6.07, 6.45) is 3.23. The number of likely N-dealkylation sites (N-methyl/N-ethyl adjacent to an activating group) is 1. The summed E-state index contributed by atoms with van der Waals surface area (Å²) in [6, 6.07) is 17.1. The largest absolute Gasteiger partial charge is 0.324 e. The Morgan fingerprint density at radius 2 is 1.90 bits per heavy atom. The second-order valence-corrected chi connectivity index (χ2v) is 11.7. The van der Waals surface area contributed by atoms with Crippen molar-refractivity contribution in [3.63, 3.8) is 0 Å². The zero-order valence-electron chi connectivity index (χ0n) is 22.8. The summed E-state index contributed by atoms with van der Waals surface area (Å²) in [4.78, 5) is 44.4. The van der Waals surface area contributed by atoms with Crippen LogP contribution >= 0.6 is 11.3 Å². The fourth-order valence-corrected chi connectivity index (χ4v) is 6.55. The molecule has 5 aromatic rings. The van der Waals surface area contributed by atoms with E-state index in [0.29, 0.717) is 40.6 Å². The third kappa shape index (κ3) is 4.49. The summed E-state index contributed by atoms with van der Waals surface area (Å²) >= 11 is 1.48. The first-order valence-corrected chi connectivity index (χ1v) is 14.6. The van der Waals surface area contributed by atoms with Crippen molar-refractivity contribution in [1.29, 1.82) is 0 Å². The first-order chi connectivity index (χ1) is 20.0. The Balaban J connectivity index is 1.34. The van der Waals surface area contributed by atoms with Gasteiger partial charge in [-0.05, 0) is 61.2 Å². The average molecular weight is 564 g/mol. The maximum absolute atomic E-state index is 14.2. The normalized spacial score (nSPS) is 18.6. The molecular weight excluding hydrogens is 534 g/mol. The lowest BCUT2D eigenvalue weighted by atomic mass is 9.96. The molecule has 0 bridgehead atoms. The van der Waals surface area contributed by atoms with E-state index >= 15 is 0 Å². The van der Waals surface area contributed by atoms with Crippen LogP contribution < -0.4 is 21.1 Å². The number of nitrogens with zero attached hydrogens (tertiary/aromatic N) is 5. The number of nitrogens with one attached hydrogen (secondary N) is 2. The molecule has 2 unspecified atom stereocenters. The maximum Gasteiger partial charge on any atom is 0.262 e. The summed E-state index contributed by atoms with van der Waals surface area (Å²) in [7, 11) is 1.75. The number of benzene rings is 2. The van der Waals surface area contributed by atoms with Gasteiger partial charge in [-0.25, -0.2) is 9.97 Å². The SMILES string of the molecule is Cc1scnc1-c1cc2cnc(Nc3ccc(C4CCNC4)cc3)nc2n(C2Cc3ccccc3N(C)C2=O)c1=O. The highest BCUT2D eigenvalue weighted by molar-refractivity contribution is 7.10. The zero-order chi connectivity index (χ0) is 28.1. The molecule has 0 aliphatic carbocycles. The highest BCUT2D eigenvalue weighted by Gasteiger charge is 2.34. The van der Waals surface area contributed by atoms with Gasteiger partial charge >= 0.3 is 0 Å². The van der Waals surface area contributed by atoms with Gasteiger partial charge in [-0.15, -0.1) is 11.3 Å². The van der Waals surface area contributed by atoms with Gasteiger partial charge in [-0.1, -0.05) is 30.3 Å². The monoisotopic (exact) mass is 563 g/mol. The Labute approximate surface area is 240 Å². The topological polar surface area (TPSA) is 105 Å². The van der Waals surface area contributed by atoms with Gasteiger partial charge in [0.25, 0.3) is 5.56 Å². The van der Waals surface area contributed by atoms with Crippen molar-refractivity contribution in [3.05, 3.63) is 92.7 Å². The Hall–Kier alpha value is -4.41. The predicted octanol–water partition coefficient (Wildman–Crippen LogP) is 4.80. The van der Waals surface area contributed by atoms with Crippen LogP contribution in [0.3, 0.4) is 0 Å². The minimum absolute atomic E-state index is 0.163. The number of hydrogen-bond donors (Lipinski definition) is 2. The van der Waals surface area contributed by atoms with E-state index in [2.05, 4.69) is 32.7 Å².